The maximum absolute atomic E-state index is 5.90. The standard InChI is InChI=1S/C16H21Cl/c1-9-8-15-11(3)10(2)12(4)16(15)13(5)14(9)6-7-17/h8,10-11H,4,6-7H2,1-3,5H3/t10-,11-/m0/s1. The van der Waals surface area contributed by atoms with E-state index in [-0.39, 0.29) is 0 Å². The first-order valence-electron chi connectivity index (χ1n) is 6.37. The van der Waals surface area contributed by atoms with Gasteiger partial charge in [-0.1, -0.05) is 26.5 Å². The highest BCUT2D eigenvalue weighted by Gasteiger charge is 2.31. The highest BCUT2D eigenvalue weighted by Crippen LogP contribution is 2.47. The van der Waals surface area contributed by atoms with Gasteiger partial charge in [0.15, 0.2) is 0 Å². The van der Waals surface area contributed by atoms with Crippen LogP contribution in [-0.2, 0) is 6.42 Å². The topological polar surface area (TPSA) is 0 Å². The summed E-state index contributed by atoms with van der Waals surface area (Å²) in [5.74, 6) is 1.85. The fourth-order valence-electron chi connectivity index (χ4n) is 3.12. The van der Waals surface area contributed by atoms with Crippen LogP contribution in [-0.4, -0.2) is 5.88 Å². The normalized spacial score (nSPS) is 23.0. The van der Waals surface area contributed by atoms with Crippen molar-refractivity contribution in [3.8, 4) is 0 Å². The Hall–Kier alpha value is -0.750. The molecule has 92 valence electrons. The minimum absolute atomic E-state index is 0.564. The molecule has 0 bridgehead atoms. The third-order valence-corrected chi connectivity index (χ3v) is 4.61. The van der Waals surface area contributed by atoms with E-state index in [1.807, 2.05) is 0 Å². The highest BCUT2D eigenvalue weighted by atomic mass is 35.5. The lowest BCUT2D eigenvalue weighted by Gasteiger charge is -2.15. The molecule has 0 fully saturated rings. The van der Waals surface area contributed by atoms with Gasteiger partial charge in [-0.25, -0.2) is 0 Å². The van der Waals surface area contributed by atoms with Gasteiger partial charge in [0, 0.05) is 5.88 Å². The Morgan fingerprint density at radius 3 is 2.47 bits per heavy atom. The predicted octanol–water partition coefficient (Wildman–Crippen LogP) is 4.85. The lowest BCUT2D eigenvalue weighted by molar-refractivity contribution is 0.637. The molecular formula is C16H21Cl. The molecule has 0 nitrogen and oxygen atoms in total. The first-order chi connectivity index (χ1) is 7.99. The fraction of sp³-hybridized carbons (Fsp3) is 0.500. The van der Waals surface area contributed by atoms with Crippen molar-refractivity contribution >= 4 is 17.2 Å². The summed E-state index contributed by atoms with van der Waals surface area (Å²) in [5.41, 5.74) is 8.41. The van der Waals surface area contributed by atoms with Crippen LogP contribution in [0.4, 0.5) is 0 Å². The maximum atomic E-state index is 5.90. The first-order valence-corrected chi connectivity index (χ1v) is 6.90. The summed E-state index contributed by atoms with van der Waals surface area (Å²) in [7, 11) is 0. The Labute approximate surface area is 110 Å². The van der Waals surface area contributed by atoms with E-state index in [1.165, 1.54) is 33.4 Å². The molecule has 0 N–H and O–H groups in total. The minimum Gasteiger partial charge on any atom is -0.126 e. The van der Waals surface area contributed by atoms with Gasteiger partial charge in [-0.3, -0.25) is 0 Å². The number of alkyl halides is 1. The van der Waals surface area contributed by atoms with Gasteiger partial charge in [-0.05, 0) is 65.5 Å². The zero-order valence-electron chi connectivity index (χ0n) is 11.2. The van der Waals surface area contributed by atoms with Crippen LogP contribution in [0.2, 0.25) is 0 Å². The van der Waals surface area contributed by atoms with Gasteiger partial charge in [-0.15, -0.1) is 11.6 Å². The van der Waals surface area contributed by atoms with Crippen molar-refractivity contribution in [3.63, 3.8) is 0 Å². The third-order valence-electron chi connectivity index (χ3n) is 4.42. The summed E-state index contributed by atoms with van der Waals surface area (Å²) in [6.45, 7) is 13.3. The van der Waals surface area contributed by atoms with E-state index >= 15 is 0 Å². The third kappa shape index (κ3) is 1.83. The molecule has 17 heavy (non-hydrogen) atoms. The van der Waals surface area contributed by atoms with Gasteiger partial charge in [0.05, 0.1) is 0 Å². The van der Waals surface area contributed by atoms with Gasteiger partial charge in [0.25, 0.3) is 0 Å². The molecule has 1 aliphatic rings. The van der Waals surface area contributed by atoms with Gasteiger partial charge in [-0.2, -0.15) is 0 Å². The zero-order chi connectivity index (χ0) is 12.7. The van der Waals surface area contributed by atoms with E-state index in [9.17, 15) is 0 Å². The van der Waals surface area contributed by atoms with Gasteiger partial charge in [0.1, 0.15) is 0 Å². The number of benzene rings is 1. The zero-order valence-corrected chi connectivity index (χ0v) is 12.0. The number of hydrogen-bond donors (Lipinski definition) is 0. The van der Waals surface area contributed by atoms with Crippen molar-refractivity contribution in [2.75, 3.05) is 5.88 Å². The van der Waals surface area contributed by atoms with E-state index in [0.29, 0.717) is 17.7 Å². The van der Waals surface area contributed by atoms with Crippen LogP contribution in [0.15, 0.2) is 12.6 Å². The number of allylic oxidation sites excluding steroid dienone is 1. The van der Waals surface area contributed by atoms with Crippen molar-refractivity contribution < 1.29 is 0 Å². The van der Waals surface area contributed by atoms with Crippen molar-refractivity contribution in [3.05, 3.63) is 40.5 Å². The van der Waals surface area contributed by atoms with Crippen molar-refractivity contribution in [1.29, 1.82) is 0 Å². The molecule has 1 aliphatic carbocycles. The van der Waals surface area contributed by atoms with Crippen LogP contribution in [0.1, 0.15) is 47.6 Å². The number of aryl methyl sites for hydroxylation is 1. The first kappa shape index (κ1) is 12.7. The smallest absolute Gasteiger partial charge is 0.0264 e. The molecule has 0 aromatic heterocycles. The molecule has 1 aromatic carbocycles. The second kappa shape index (κ2) is 4.49. The Bertz CT molecular complexity index is 471. The Balaban J connectivity index is 2.65. The quantitative estimate of drug-likeness (QED) is 0.657. The van der Waals surface area contributed by atoms with Crippen molar-refractivity contribution in [1.82, 2.24) is 0 Å². The lowest BCUT2D eigenvalue weighted by Crippen LogP contribution is -2.01. The molecule has 0 aliphatic heterocycles. The van der Waals surface area contributed by atoms with Gasteiger partial charge < -0.3 is 0 Å². The van der Waals surface area contributed by atoms with E-state index in [2.05, 4.69) is 40.3 Å². The summed E-state index contributed by atoms with van der Waals surface area (Å²) >= 11 is 5.90. The molecule has 0 saturated heterocycles. The Kier molecular flexibility index (Phi) is 3.36. The fourth-order valence-corrected chi connectivity index (χ4v) is 3.31. The summed E-state index contributed by atoms with van der Waals surface area (Å²) in [6.07, 6.45) is 0.961. The maximum Gasteiger partial charge on any atom is 0.0264 e. The van der Waals surface area contributed by atoms with Gasteiger partial charge >= 0.3 is 0 Å². The molecule has 0 unspecified atom stereocenters. The van der Waals surface area contributed by atoms with Gasteiger partial charge in [0.2, 0.25) is 0 Å². The van der Waals surface area contributed by atoms with E-state index in [1.54, 1.807) is 0 Å². The van der Waals surface area contributed by atoms with E-state index in [4.69, 9.17) is 11.6 Å². The van der Waals surface area contributed by atoms with E-state index in [0.717, 1.165) is 6.42 Å². The molecule has 0 saturated carbocycles. The molecule has 1 aromatic rings. The molecule has 0 spiro atoms. The Morgan fingerprint density at radius 1 is 1.24 bits per heavy atom. The number of hydrogen-bond acceptors (Lipinski definition) is 0. The largest absolute Gasteiger partial charge is 0.126 e. The van der Waals surface area contributed by atoms with Crippen LogP contribution in [0, 0.1) is 19.8 Å². The Morgan fingerprint density at radius 2 is 1.88 bits per heavy atom. The molecular weight excluding hydrogens is 228 g/mol. The second-order valence-electron chi connectivity index (χ2n) is 5.30. The number of halogens is 1. The van der Waals surface area contributed by atoms with Crippen molar-refractivity contribution in [2.45, 2.75) is 40.0 Å². The summed E-state index contributed by atoms with van der Waals surface area (Å²) in [4.78, 5) is 0. The summed E-state index contributed by atoms with van der Waals surface area (Å²) in [5, 5.41) is 0. The van der Waals surface area contributed by atoms with Crippen LogP contribution in [0.25, 0.3) is 5.57 Å². The molecule has 0 heterocycles. The van der Waals surface area contributed by atoms with Crippen LogP contribution >= 0.6 is 11.6 Å². The predicted molar refractivity (Wildman–Crippen MR) is 77.0 cm³/mol. The van der Waals surface area contributed by atoms with E-state index < -0.39 is 0 Å². The SMILES string of the molecule is C=C1c2c(cc(C)c(CCCl)c2C)[C@@H](C)[C@@H]1C. The minimum atomic E-state index is 0.564. The monoisotopic (exact) mass is 248 g/mol. The van der Waals surface area contributed by atoms with Crippen LogP contribution in [0.3, 0.4) is 0 Å². The molecule has 2 atom stereocenters. The molecule has 0 radical (unpaired) electrons. The van der Waals surface area contributed by atoms with Crippen molar-refractivity contribution in [2.24, 2.45) is 5.92 Å². The second-order valence-corrected chi connectivity index (χ2v) is 5.68. The average molecular weight is 249 g/mol. The summed E-state index contributed by atoms with van der Waals surface area (Å²) in [6, 6.07) is 2.35. The summed E-state index contributed by atoms with van der Waals surface area (Å²) < 4.78 is 0. The highest BCUT2D eigenvalue weighted by molar-refractivity contribution is 6.18. The van der Waals surface area contributed by atoms with Crippen LogP contribution in [0.5, 0.6) is 0 Å². The molecule has 2 rings (SSSR count). The molecule has 1 heteroatoms. The van der Waals surface area contributed by atoms with Crippen LogP contribution < -0.4 is 0 Å². The number of rotatable bonds is 2. The number of fused-ring (bicyclic) bond motifs is 1. The molecule has 0 amide bonds. The lowest BCUT2D eigenvalue weighted by atomic mass is 9.90. The average Bonchev–Trinajstić information content (AvgIpc) is 2.50.